The predicted molar refractivity (Wildman–Crippen MR) is 65.4 cm³/mol. The maximum atomic E-state index is 6.01. The molecule has 0 amide bonds. The quantitative estimate of drug-likeness (QED) is 0.671. The van der Waals surface area contributed by atoms with Crippen LogP contribution >= 0.6 is 27.3 Å². The Kier molecular flexibility index (Phi) is 2.65. The zero-order valence-corrected chi connectivity index (χ0v) is 10.1. The summed E-state index contributed by atoms with van der Waals surface area (Å²) in [5.74, 6) is 0.748. The third-order valence-electron chi connectivity index (χ3n) is 2.18. The number of methoxy groups -OCH3 is 1. The Balaban J connectivity index is 2.77. The number of halogens is 1. The Bertz CT molecular complexity index is 466. The second kappa shape index (κ2) is 3.79. The van der Waals surface area contributed by atoms with E-state index in [4.69, 9.17) is 10.5 Å². The highest BCUT2D eigenvalue weighted by atomic mass is 79.9. The first-order valence-corrected chi connectivity index (χ1v) is 6.16. The Morgan fingerprint density at radius 3 is 2.93 bits per heavy atom. The highest BCUT2D eigenvalue weighted by molar-refractivity contribution is 9.08. The summed E-state index contributed by atoms with van der Waals surface area (Å²) in [6, 6.07) is 3.95. The van der Waals surface area contributed by atoms with Crippen LogP contribution in [-0.4, -0.2) is 7.11 Å². The lowest BCUT2D eigenvalue weighted by Crippen LogP contribution is -1.93. The van der Waals surface area contributed by atoms with Crippen LogP contribution in [0.25, 0.3) is 10.1 Å². The summed E-state index contributed by atoms with van der Waals surface area (Å²) in [7, 11) is 1.64. The Labute approximate surface area is 94.8 Å². The fourth-order valence-corrected chi connectivity index (χ4v) is 3.11. The lowest BCUT2D eigenvalue weighted by atomic mass is 10.1. The molecule has 0 saturated carbocycles. The monoisotopic (exact) mass is 271 g/mol. The number of nitrogens with two attached hydrogens (primary N) is 1. The standard InChI is InChI=1S/C10H10BrNOS/c1-13-7-2-3-8-9(10(7)12)6(4-11)5-14-8/h2-3,5H,4,12H2,1H3. The molecule has 0 saturated heterocycles. The van der Waals surface area contributed by atoms with Gasteiger partial charge < -0.3 is 10.5 Å². The molecule has 2 aromatic rings. The smallest absolute Gasteiger partial charge is 0.142 e. The molecule has 14 heavy (non-hydrogen) atoms. The molecule has 0 aliphatic rings. The van der Waals surface area contributed by atoms with Crippen LogP contribution in [0, 0.1) is 0 Å². The van der Waals surface area contributed by atoms with Crippen molar-refractivity contribution in [3.63, 3.8) is 0 Å². The normalized spacial score (nSPS) is 10.7. The van der Waals surface area contributed by atoms with Gasteiger partial charge in [-0.3, -0.25) is 0 Å². The van der Waals surface area contributed by atoms with Crippen LogP contribution in [-0.2, 0) is 5.33 Å². The maximum absolute atomic E-state index is 6.01. The summed E-state index contributed by atoms with van der Waals surface area (Å²) in [6.45, 7) is 0. The van der Waals surface area contributed by atoms with Crippen LogP contribution < -0.4 is 10.5 Å². The Hall–Kier alpha value is -0.740. The van der Waals surface area contributed by atoms with E-state index in [2.05, 4.69) is 21.3 Å². The van der Waals surface area contributed by atoms with Gasteiger partial charge in [0.1, 0.15) is 5.75 Å². The van der Waals surface area contributed by atoms with E-state index in [9.17, 15) is 0 Å². The zero-order chi connectivity index (χ0) is 10.1. The first-order chi connectivity index (χ1) is 6.77. The summed E-state index contributed by atoms with van der Waals surface area (Å²) < 4.78 is 6.39. The average Bonchev–Trinajstić information content (AvgIpc) is 2.62. The molecule has 74 valence electrons. The SMILES string of the molecule is COc1ccc2scc(CBr)c2c1N. The number of thiophene rings is 1. The summed E-state index contributed by atoms with van der Waals surface area (Å²) >= 11 is 5.16. The van der Waals surface area contributed by atoms with Gasteiger partial charge in [-0.15, -0.1) is 11.3 Å². The van der Waals surface area contributed by atoms with E-state index in [0.29, 0.717) is 0 Å². The molecular formula is C10H10BrNOS. The largest absolute Gasteiger partial charge is 0.495 e. The van der Waals surface area contributed by atoms with Crippen LogP contribution in [0.1, 0.15) is 5.56 Å². The van der Waals surface area contributed by atoms with Gasteiger partial charge in [-0.2, -0.15) is 0 Å². The molecule has 1 aromatic heterocycles. The molecule has 0 fully saturated rings. The molecule has 4 heteroatoms. The van der Waals surface area contributed by atoms with E-state index >= 15 is 0 Å². The van der Waals surface area contributed by atoms with E-state index in [-0.39, 0.29) is 0 Å². The number of fused-ring (bicyclic) bond motifs is 1. The second-order valence-electron chi connectivity index (χ2n) is 2.95. The van der Waals surface area contributed by atoms with E-state index in [0.717, 1.165) is 22.2 Å². The topological polar surface area (TPSA) is 35.2 Å². The number of hydrogen-bond donors (Lipinski definition) is 1. The number of ether oxygens (including phenoxy) is 1. The minimum atomic E-state index is 0.737. The third kappa shape index (κ3) is 1.38. The molecule has 2 nitrogen and oxygen atoms in total. The molecule has 0 unspecified atom stereocenters. The number of benzene rings is 1. The van der Waals surface area contributed by atoms with Gasteiger partial charge >= 0.3 is 0 Å². The Morgan fingerprint density at radius 1 is 1.50 bits per heavy atom. The van der Waals surface area contributed by atoms with Gasteiger partial charge in [0.05, 0.1) is 12.8 Å². The predicted octanol–water partition coefficient (Wildman–Crippen LogP) is 3.39. The number of hydrogen-bond acceptors (Lipinski definition) is 3. The fraction of sp³-hybridized carbons (Fsp3) is 0.200. The van der Waals surface area contributed by atoms with Crippen LogP contribution in [0.2, 0.25) is 0 Å². The van der Waals surface area contributed by atoms with Crippen molar-refractivity contribution in [2.45, 2.75) is 5.33 Å². The minimum absolute atomic E-state index is 0.737. The molecule has 1 heterocycles. The average molecular weight is 272 g/mol. The number of nitrogen functional groups attached to an aromatic ring is 1. The van der Waals surface area contributed by atoms with Crippen LogP contribution in [0.3, 0.4) is 0 Å². The Morgan fingerprint density at radius 2 is 2.29 bits per heavy atom. The molecular weight excluding hydrogens is 262 g/mol. The number of rotatable bonds is 2. The van der Waals surface area contributed by atoms with E-state index < -0.39 is 0 Å². The summed E-state index contributed by atoms with van der Waals surface area (Å²) in [5.41, 5.74) is 7.97. The van der Waals surface area contributed by atoms with Crippen LogP contribution in [0.4, 0.5) is 5.69 Å². The molecule has 0 atom stereocenters. The van der Waals surface area contributed by atoms with Crippen molar-refractivity contribution in [2.75, 3.05) is 12.8 Å². The first kappa shape index (κ1) is 9.80. The second-order valence-corrected chi connectivity index (χ2v) is 4.42. The molecule has 0 aliphatic carbocycles. The van der Waals surface area contributed by atoms with Gasteiger partial charge in [0.15, 0.2) is 0 Å². The summed E-state index contributed by atoms with van der Waals surface area (Å²) in [4.78, 5) is 0. The van der Waals surface area contributed by atoms with Crippen LogP contribution in [0.5, 0.6) is 5.75 Å². The van der Waals surface area contributed by atoms with Gasteiger partial charge in [0.25, 0.3) is 0 Å². The van der Waals surface area contributed by atoms with Crippen molar-refractivity contribution in [1.29, 1.82) is 0 Å². The third-order valence-corrected chi connectivity index (χ3v) is 3.78. The van der Waals surface area contributed by atoms with E-state index in [1.807, 2.05) is 12.1 Å². The van der Waals surface area contributed by atoms with Crippen molar-refractivity contribution >= 4 is 43.0 Å². The molecule has 0 spiro atoms. The van der Waals surface area contributed by atoms with Crippen LogP contribution in [0.15, 0.2) is 17.5 Å². The molecule has 0 aliphatic heterocycles. The fourth-order valence-electron chi connectivity index (χ4n) is 1.48. The van der Waals surface area contributed by atoms with Gasteiger partial charge in [-0.1, -0.05) is 15.9 Å². The van der Waals surface area contributed by atoms with Gasteiger partial charge in [-0.05, 0) is 23.1 Å². The van der Waals surface area contributed by atoms with Crippen molar-refractivity contribution in [3.05, 3.63) is 23.1 Å². The van der Waals surface area contributed by atoms with Crippen molar-refractivity contribution in [2.24, 2.45) is 0 Å². The summed E-state index contributed by atoms with van der Waals surface area (Å²) in [5, 5.41) is 4.06. The lowest BCUT2D eigenvalue weighted by Gasteiger charge is -2.05. The molecule has 2 N–H and O–H groups in total. The van der Waals surface area contributed by atoms with Crippen molar-refractivity contribution in [3.8, 4) is 5.75 Å². The van der Waals surface area contributed by atoms with Gasteiger partial charge in [-0.25, -0.2) is 0 Å². The molecule has 0 bridgehead atoms. The summed E-state index contributed by atoms with van der Waals surface area (Å²) in [6.07, 6.45) is 0. The number of anilines is 1. The van der Waals surface area contributed by atoms with Crippen molar-refractivity contribution < 1.29 is 4.74 Å². The lowest BCUT2D eigenvalue weighted by molar-refractivity contribution is 0.417. The molecule has 2 rings (SSSR count). The molecule has 0 radical (unpaired) electrons. The van der Waals surface area contributed by atoms with Gasteiger partial charge in [0, 0.05) is 15.4 Å². The minimum Gasteiger partial charge on any atom is -0.495 e. The highest BCUT2D eigenvalue weighted by Crippen LogP contribution is 2.37. The van der Waals surface area contributed by atoms with E-state index in [1.165, 1.54) is 10.3 Å². The van der Waals surface area contributed by atoms with Crippen molar-refractivity contribution in [1.82, 2.24) is 0 Å². The maximum Gasteiger partial charge on any atom is 0.142 e. The van der Waals surface area contributed by atoms with E-state index in [1.54, 1.807) is 18.4 Å². The molecule has 1 aromatic carbocycles. The highest BCUT2D eigenvalue weighted by Gasteiger charge is 2.09. The van der Waals surface area contributed by atoms with Gasteiger partial charge in [0.2, 0.25) is 0 Å². The number of alkyl halides is 1. The zero-order valence-electron chi connectivity index (χ0n) is 7.71. The first-order valence-electron chi connectivity index (χ1n) is 4.16.